The number of nitrogens with two attached hydrogens (primary N) is 1. The molecule has 0 aliphatic rings. The number of hydrogen-bond donors (Lipinski definition) is 2. The first-order chi connectivity index (χ1) is 7.77. The number of hydrogen-bond acceptors (Lipinski definition) is 4. The molecule has 0 saturated carbocycles. The van der Waals surface area contributed by atoms with E-state index in [1.807, 2.05) is 6.92 Å². The van der Waals surface area contributed by atoms with Crippen LogP contribution in [0.5, 0.6) is 5.75 Å². The molecule has 4 nitrogen and oxygen atoms in total. The van der Waals surface area contributed by atoms with Gasteiger partial charge >= 0.3 is 0 Å². The lowest BCUT2D eigenvalue weighted by Crippen LogP contribution is -2.10. The van der Waals surface area contributed by atoms with E-state index in [9.17, 15) is 4.79 Å². The van der Waals surface area contributed by atoms with Gasteiger partial charge in [-0.2, -0.15) is 11.8 Å². The molecule has 3 N–H and O–H groups in total. The maximum Gasteiger partial charge on any atom is 0.223 e. The van der Waals surface area contributed by atoms with Gasteiger partial charge in [0.1, 0.15) is 0 Å². The van der Waals surface area contributed by atoms with E-state index in [1.165, 1.54) is 0 Å². The average Bonchev–Trinajstić information content (AvgIpc) is 2.28. The molecule has 0 bridgehead atoms. The van der Waals surface area contributed by atoms with Crippen LogP contribution in [0.4, 0.5) is 0 Å². The zero-order chi connectivity index (χ0) is 11.8. The van der Waals surface area contributed by atoms with Gasteiger partial charge in [-0.15, -0.1) is 0 Å². The number of thioether (sulfide) groups is 1. The van der Waals surface area contributed by atoms with E-state index < -0.39 is 0 Å². The van der Waals surface area contributed by atoms with Gasteiger partial charge in [0.15, 0.2) is 5.75 Å². The number of aromatic amines is 1. The summed E-state index contributed by atoms with van der Waals surface area (Å²) in [5.74, 6) is 2.07. The Morgan fingerprint density at radius 3 is 3.00 bits per heavy atom. The summed E-state index contributed by atoms with van der Waals surface area (Å²) in [6.07, 6.45) is 2.53. The highest BCUT2D eigenvalue weighted by Gasteiger charge is 2.01. The van der Waals surface area contributed by atoms with E-state index in [0.29, 0.717) is 18.9 Å². The number of rotatable bonds is 7. The highest BCUT2D eigenvalue weighted by Crippen LogP contribution is 2.09. The Bertz CT molecular complexity index is 365. The molecule has 0 aliphatic heterocycles. The third-order valence-electron chi connectivity index (χ3n) is 1.92. The summed E-state index contributed by atoms with van der Waals surface area (Å²) in [7, 11) is 0. The van der Waals surface area contributed by atoms with E-state index in [4.69, 9.17) is 10.5 Å². The minimum atomic E-state index is -0.0597. The fraction of sp³-hybridized carbons (Fsp3) is 0.545. The van der Waals surface area contributed by atoms with Crippen LogP contribution in [0.2, 0.25) is 0 Å². The van der Waals surface area contributed by atoms with Crippen LogP contribution < -0.4 is 15.9 Å². The molecule has 1 aromatic heterocycles. The van der Waals surface area contributed by atoms with E-state index in [2.05, 4.69) is 4.98 Å². The van der Waals surface area contributed by atoms with E-state index in [0.717, 1.165) is 23.6 Å². The van der Waals surface area contributed by atoms with Crippen molar-refractivity contribution in [3.8, 4) is 5.75 Å². The molecule has 0 amide bonds. The molecule has 0 radical (unpaired) electrons. The first-order valence-corrected chi connectivity index (χ1v) is 6.55. The van der Waals surface area contributed by atoms with E-state index in [-0.39, 0.29) is 5.43 Å². The van der Waals surface area contributed by atoms with Crippen LogP contribution in [0.3, 0.4) is 0 Å². The van der Waals surface area contributed by atoms with Crippen molar-refractivity contribution in [2.24, 2.45) is 5.73 Å². The van der Waals surface area contributed by atoms with Crippen molar-refractivity contribution >= 4 is 11.8 Å². The van der Waals surface area contributed by atoms with E-state index >= 15 is 0 Å². The molecule has 0 aromatic carbocycles. The van der Waals surface area contributed by atoms with Gasteiger partial charge in [-0.1, -0.05) is 6.92 Å². The molecule has 1 aromatic rings. The molecular formula is C11H18N2O2S. The maximum absolute atomic E-state index is 11.6. The summed E-state index contributed by atoms with van der Waals surface area (Å²) in [5, 5.41) is 0. The van der Waals surface area contributed by atoms with Gasteiger partial charge in [-0.25, -0.2) is 0 Å². The fourth-order valence-corrected chi connectivity index (χ4v) is 1.87. The van der Waals surface area contributed by atoms with Crippen molar-refractivity contribution in [1.82, 2.24) is 4.98 Å². The van der Waals surface area contributed by atoms with Crippen LogP contribution in [0.15, 0.2) is 17.1 Å². The molecular weight excluding hydrogens is 224 g/mol. The number of H-pyrrole nitrogens is 1. The normalized spacial score (nSPS) is 10.4. The van der Waals surface area contributed by atoms with Crippen LogP contribution in [0.1, 0.15) is 19.0 Å². The Hall–Kier alpha value is -0.940. The first kappa shape index (κ1) is 13.1. The molecule has 0 unspecified atom stereocenters. The third kappa shape index (κ3) is 4.28. The quantitative estimate of drug-likeness (QED) is 0.708. The monoisotopic (exact) mass is 242 g/mol. The van der Waals surface area contributed by atoms with Gasteiger partial charge in [0.25, 0.3) is 0 Å². The smallest absolute Gasteiger partial charge is 0.223 e. The second-order valence-corrected chi connectivity index (χ2v) is 4.48. The Morgan fingerprint density at radius 1 is 1.56 bits per heavy atom. The lowest BCUT2D eigenvalue weighted by atomic mass is 10.3. The lowest BCUT2D eigenvalue weighted by Gasteiger charge is -2.05. The molecule has 0 fully saturated rings. The number of nitrogens with one attached hydrogen (secondary N) is 1. The minimum Gasteiger partial charge on any atom is -0.488 e. The summed E-state index contributed by atoms with van der Waals surface area (Å²) in [6, 6.07) is 1.59. The largest absolute Gasteiger partial charge is 0.488 e. The van der Waals surface area contributed by atoms with Crippen molar-refractivity contribution in [2.45, 2.75) is 19.1 Å². The first-order valence-electron chi connectivity index (χ1n) is 5.40. The summed E-state index contributed by atoms with van der Waals surface area (Å²) < 4.78 is 5.30. The predicted octanol–water partition coefficient (Wildman–Crippen LogP) is 1.36. The van der Waals surface area contributed by atoms with Crippen molar-refractivity contribution in [1.29, 1.82) is 0 Å². The molecule has 0 aliphatic carbocycles. The van der Waals surface area contributed by atoms with E-state index in [1.54, 1.807) is 24.0 Å². The van der Waals surface area contributed by atoms with Crippen LogP contribution >= 0.6 is 11.8 Å². The van der Waals surface area contributed by atoms with Crippen LogP contribution in [-0.4, -0.2) is 23.9 Å². The molecule has 0 spiro atoms. The third-order valence-corrected chi connectivity index (χ3v) is 2.96. The molecule has 0 saturated heterocycles. The minimum absolute atomic E-state index is 0.0597. The van der Waals surface area contributed by atoms with Gasteiger partial charge in [0.05, 0.1) is 6.61 Å². The zero-order valence-electron chi connectivity index (χ0n) is 9.49. The van der Waals surface area contributed by atoms with Crippen molar-refractivity contribution < 1.29 is 4.74 Å². The summed E-state index contributed by atoms with van der Waals surface area (Å²) >= 11 is 1.70. The maximum atomic E-state index is 11.6. The van der Waals surface area contributed by atoms with Crippen molar-refractivity contribution in [2.75, 3.05) is 18.9 Å². The molecule has 0 atom stereocenters. The van der Waals surface area contributed by atoms with Gasteiger partial charge in [-0.05, 0) is 6.42 Å². The Balaban J connectivity index is 2.56. The SMILES string of the molecule is CCCOc1c[nH]c(CSCCN)cc1=O. The Labute approximate surface area is 99.6 Å². The predicted molar refractivity (Wildman–Crippen MR) is 68.1 cm³/mol. The van der Waals surface area contributed by atoms with Gasteiger partial charge in [0, 0.05) is 36.0 Å². The molecule has 5 heteroatoms. The summed E-state index contributed by atoms with van der Waals surface area (Å²) in [6.45, 7) is 3.24. The second kappa shape index (κ2) is 7.35. The van der Waals surface area contributed by atoms with Gasteiger partial charge in [0.2, 0.25) is 5.43 Å². The molecule has 90 valence electrons. The standard InChI is InChI=1S/C11H18N2O2S/c1-2-4-15-11-7-13-9(6-10(11)14)8-16-5-3-12/h6-7H,2-5,8,12H2,1H3,(H,13,14). The summed E-state index contributed by atoms with van der Waals surface area (Å²) in [5.41, 5.74) is 6.24. The van der Waals surface area contributed by atoms with Crippen LogP contribution in [0.25, 0.3) is 0 Å². The lowest BCUT2D eigenvalue weighted by molar-refractivity contribution is 0.313. The van der Waals surface area contributed by atoms with Gasteiger partial charge < -0.3 is 15.5 Å². The van der Waals surface area contributed by atoms with Gasteiger partial charge in [-0.3, -0.25) is 4.79 Å². The Morgan fingerprint density at radius 2 is 2.38 bits per heavy atom. The summed E-state index contributed by atoms with van der Waals surface area (Å²) in [4.78, 5) is 14.7. The number of aromatic nitrogens is 1. The van der Waals surface area contributed by atoms with Crippen LogP contribution in [-0.2, 0) is 5.75 Å². The highest BCUT2D eigenvalue weighted by molar-refractivity contribution is 7.98. The number of ether oxygens (including phenoxy) is 1. The Kier molecular flexibility index (Phi) is 6.03. The number of pyridine rings is 1. The molecule has 1 rings (SSSR count). The second-order valence-electron chi connectivity index (χ2n) is 3.38. The average molecular weight is 242 g/mol. The highest BCUT2D eigenvalue weighted by atomic mass is 32.2. The fourth-order valence-electron chi connectivity index (χ4n) is 1.17. The molecule has 1 heterocycles. The molecule has 16 heavy (non-hydrogen) atoms. The topological polar surface area (TPSA) is 68.1 Å². The van der Waals surface area contributed by atoms with Crippen molar-refractivity contribution in [3.63, 3.8) is 0 Å². The zero-order valence-corrected chi connectivity index (χ0v) is 10.3. The van der Waals surface area contributed by atoms with Crippen molar-refractivity contribution in [3.05, 3.63) is 28.2 Å². The van der Waals surface area contributed by atoms with Crippen LogP contribution in [0, 0.1) is 0 Å².